The van der Waals surface area contributed by atoms with Gasteiger partial charge in [0.15, 0.2) is 0 Å². The molecule has 7 heteroatoms. The first kappa shape index (κ1) is 18.7. The van der Waals surface area contributed by atoms with Gasteiger partial charge in [-0.15, -0.1) is 0 Å². The second-order valence-corrected chi connectivity index (χ2v) is 8.40. The first-order valence-corrected chi connectivity index (χ1v) is 10.1. The van der Waals surface area contributed by atoms with Crippen molar-refractivity contribution >= 4 is 21.6 Å². The van der Waals surface area contributed by atoms with Gasteiger partial charge < -0.3 is 10.2 Å². The Labute approximate surface area is 144 Å². The molecular weight excluding hydrogens is 326 g/mol. The molecule has 1 amide bonds. The van der Waals surface area contributed by atoms with E-state index in [4.69, 9.17) is 0 Å². The molecule has 1 aromatic rings. The van der Waals surface area contributed by atoms with Crippen LogP contribution in [0.1, 0.15) is 19.8 Å². The third-order valence-corrected chi connectivity index (χ3v) is 6.30. The highest BCUT2D eigenvalue weighted by molar-refractivity contribution is 7.89. The monoisotopic (exact) mass is 353 g/mol. The Balaban J connectivity index is 1.80. The fourth-order valence-electron chi connectivity index (χ4n) is 2.89. The molecule has 0 aromatic heterocycles. The van der Waals surface area contributed by atoms with Gasteiger partial charge in [0.1, 0.15) is 0 Å². The van der Waals surface area contributed by atoms with Gasteiger partial charge in [-0.1, -0.05) is 18.2 Å². The summed E-state index contributed by atoms with van der Waals surface area (Å²) >= 11 is 0. The summed E-state index contributed by atoms with van der Waals surface area (Å²) in [5.41, 5.74) is 1.10. The van der Waals surface area contributed by atoms with Crippen LogP contribution in [0.15, 0.2) is 30.3 Å². The normalized spacial score (nSPS) is 19.0. The summed E-state index contributed by atoms with van der Waals surface area (Å²) in [6, 6.07) is 9.98. The molecule has 1 atom stereocenters. The van der Waals surface area contributed by atoms with Crippen LogP contribution in [0.5, 0.6) is 0 Å². The minimum absolute atomic E-state index is 0.0486. The first-order chi connectivity index (χ1) is 11.4. The summed E-state index contributed by atoms with van der Waals surface area (Å²) in [5, 5.41) is 2.94. The van der Waals surface area contributed by atoms with Crippen molar-refractivity contribution in [3.8, 4) is 0 Å². The number of rotatable bonds is 7. The zero-order chi connectivity index (χ0) is 17.6. The van der Waals surface area contributed by atoms with Gasteiger partial charge in [0, 0.05) is 38.9 Å². The smallest absolute Gasteiger partial charge is 0.224 e. The van der Waals surface area contributed by atoms with E-state index in [0.717, 1.165) is 18.5 Å². The van der Waals surface area contributed by atoms with Crippen LogP contribution in [0, 0.1) is 5.92 Å². The van der Waals surface area contributed by atoms with E-state index in [1.165, 1.54) is 4.31 Å². The van der Waals surface area contributed by atoms with Crippen LogP contribution in [0.2, 0.25) is 0 Å². The number of piperidine rings is 1. The quantitative estimate of drug-likeness (QED) is 0.802. The van der Waals surface area contributed by atoms with Crippen LogP contribution in [-0.2, 0) is 14.8 Å². The molecule has 1 aromatic carbocycles. The minimum atomic E-state index is -3.21. The molecular formula is C17H27N3O3S. The molecule has 1 N–H and O–H groups in total. The molecule has 0 saturated carbocycles. The molecule has 134 valence electrons. The van der Waals surface area contributed by atoms with Crippen molar-refractivity contribution in [3.63, 3.8) is 0 Å². The first-order valence-electron chi connectivity index (χ1n) is 8.45. The lowest BCUT2D eigenvalue weighted by Crippen LogP contribution is -2.46. The topological polar surface area (TPSA) is 69.7 Å². The number of carbonyl (C=O) groups is 1. The number of para-hydroxylation sites is 1. The lowest BCUT2D eigenvalue weighted by atomic mass is 9.99. The number of nitrogens with one attached hydrogen (secondary N) is 1. The lowest BCUT2D eigenvalue weighted by molar-refractivity contribution is -0.126. The Morgan fingerprint density at radius 1 is 1.33 bits per heavy atom. The third-order valence-electron chi connectivity index (χ3n) is 4.46. The molecule has 0 bridgehead atoms. The Hall–Kier alpha value is -1.60. The van der Waals surface area contributed by atoms with Crippen molar-refractivity contribution < 1.29 is 13.2 Å². The predicted molar refractivity (Wildman–Crippen MR) is 96.5 cm³/mol. The highest BCUT2D eigenvalue weighted by Crippen LogP contribution is 2.19. The van der Waals surface area contributed by atoms with Crippen molar-refractivity contribution in [2.24, 2.45) is 5.92 Å². The van der Waals surface area contributed by atoms with Crippen molar-refractivity contribution in [2.75, 3.05) is 43.9 Å². The summed E-state index contributed by atoms with van der Waals surface area (Å²) in [5.74, 6) is -0.210. The summed E-state index contributed by atoms with van der Waals surface area (Å²) in [6.45, 7) is 3.71. The van der Waals surface area contributed by atoms with Gasteiger partial charge in [-0.05, 0) is 31.9 Å². The molecule has 0 unspecified atom stereocenters. The SMILES string of the molecule is CCS(=O)(=O)N1CCC[C@H](C(=O)NCCN(C)c2ccccc2)C1. The van der Waals surface area contributed by atoms with E-state index in [-0.39, 0.29) is 17.6 Å². The highest BCUT2D eigenvalue weighted by atomic mass is 32.2. The molecule has 1 heterocycles. The molecule has 1 fully saturated rings. The van der Waals surface area contributed by atoms with Crippen molar-refractivity contribution in [3.05, 3.63) is 30.3 Å². The van der Waals surface area contributed by atoms with Crippen LogP contribution in [-0.4, -0.2) is 57.6 Å². The fraction of sp³-hybridized carbons (Fsp3) is 0.588. The highest BCUT2D eigenvalue weighted by Gasteiger charge is 2.31. The largest absolute Gasteiger partial charge is 0.373 e. The maximum atomic E-state index is 12.3. The third kappa shape index (κ3) is 4.95. The van der Waals surface area contributed by atoms with Gasteiger partial charge in [0.05, 0.1) is 11.7 Å². The predicted octanol–water partition coefficient (Wildman–Crippen LogP) is 1.30. The number of carbonyl (C=O) groups excluding carboxylic acids is 1. The molecule has 0 radical (unpaired) electrons. The number of nitrogens with zero attached hydrogens (tertiary/aromatic N) is 2. The Bertz CT molecular complexity index is 634. The van der Waals surface area contributed by atoms with Gasteiger partial charge >= 0.3 is 0 Å². The molecule has 1 aliphatic rings. The number of hydrogen-bond acceptors (Lipinski definition) is 4. The van der Waals surface area contributed by atoms with Crippen molar-refractivity contribution in [1.82, 2.24) is 9.62 Å². The lowest BCUT2D eigenvalue weighted by Gasteiger charge is -2.31. The standard InChI is InChI=1S/C17H27N3O3S/c1-3-24(22,23)20-12-7-8-15(14-20)17(21)18-11-13-19(2)16-9-5-4-6-10-16/h4-6,9-10,15H,3,7-8,11-14H2,1-2H3,(H,18,21)/t15-/m0/s1. The number of benzene rings is 1. The van der Waals surface area contributed by atoms with E-state index in [9.17, 15) is 13.2 Å². The number of amides is 1. The summed E-state index contributed by atoms with van der Waals surface area (Å²) < 4.78 is 25.4. The molecule has 2 rings (SSSR count). The van der Waals surface area contributed by atoms with Crippen molar-refractivity contribution in [1.29, 1.82) is 0 Å². The second-order valence-electron chi connectivity index (χ2n) is 6.15. The summed E-state index contributed by atoms with van der Waals surface area (Å²) in [4.78, 5) is 14.4. The van der Waals surface area contributed by atoms with Gasteiger partial charge in [-0.25, -0.2) is 12.7 Å². The second kappa shape index (κ2) is 8.48. The van der Waals surface area contributed by atoms with Gasteiger partial charge in [0.25, 0.3) is 0 Å². The molecule has 1 aliphatic heterocycles. The van der Waals surface area contributed by atoms with E-state index in [1.54, 1.807) is 6.92 Å². The van der Waals surface area contributed by atoms with Gasteiger partial charge in [-0.2, -0.15) is 0 Å². The maximum Gasteiger partial charge on any atom is 0.224 e. The fourth-order valence-corrected chi connectivity index (χ4v) is 4.07. The van der Waals surface area contributed by atoms with Crippen LogP contribution in [0.3, 0.4) is 0 Å². The van der Waals surface area contributed by atoms with Crippen LogP contribution in [0.4, 0.5) is 5.69 Å². The average molecular weight is 353 g/mol. The molecule has 1 saturated heterocycles. The molecule has 24 heavy (non-hydrogen) atoms. The van der Waals surface area contributed by atoms with E-state index >= 15 is 0 Å². The average Bonchev–Trinajstić information content (AvgIpc) is 2.62. The van der Waals surface area contributed by atoms with Gasteiger partial charge in [-0.3, -0.25) is 4.79 Å². The van der Waals surface area contributed by atoms with E-state index in [1.807, 2.05) is 37.4 Å². The Morgan fingerprint density at radius 2 is 2.04 bits per heavy atom. The summed E-state index contributed by atoms with van der Waals surface area (Å²) in [7, 11) is -1.23. The summed E-state index contributed by atoms with van der Waals surface area (Å²) in [6.07, 6.45) is 1.48. The van der Waals surface area contributed by atoms with E-state index in [2.05, 4.69) is 10.2 Å². The number of sulfonamides is 1. The minimum Gasteiger partial charge on any atom is -0.373 e. The zero-order valence-electron chi connectivity index (χ0n) is 14.4. The molecule has 6 nitrogen and oxygen atoms in total. The van der Waals surface area contributed by atoms with E-state index in [0.29, 0.717) is 26.2 Å². The van der Waals surface area contributed by atoms with Crippen LogP contribution >= 0.6 is 0 Å². The van der Waals surface area contributed by atoms with Crippen molar-refractivity contribution in [2.45, 2.75) is 19.8 Å². The molecule has 0 aliphatic carbocycles. The van der Waals surface area contributed by atoms with Crippen LogP contribution < -0.4 is 10.2 Å². The Kier molecular flexibility index (Phi) is 6.62. The number of hydrogen-bond donors (Lipinski definition) is 1. The van der Waals surface area contributed by atoms with E-state index < -0.39 is 10.0 Å². The maximum absolute atomic E-state index is 12.3. The van der Waals surface area contributed by atoms with Gasteiger partial charge in [0.2, 0.25) is 15.9 Å². The number of likely N-dealkylation sites (N-methyl/N-ethyl adjacent to an activating group) is 1. The Morgan fingerprint density at radius 3 is 2.71 bits per heavy atom. The van der Waals surface area contributed by atoms with Crippen LogP contribution in [0.25, 0.3) is 0 Å². The number of anilines is 1. The molecule has 0 spiro atoms. The zero-order valence-corrected chi connectivity index (χ0v) is 15.3.